The molecule has 0 saturated carbocycles. The lowest BCUT2D eigenvalue weighted by molar-refractivity contribution is -0.534. The lowest BCUT2D eigenvalue weighted by atomic mass is 10.2. The molecule has 0 unspecified atom stereocenters. The summed E-state index contributed by atoms with van der Waals surface area (Å²) >= 11 is 0. The maximum absolute atomic E-state index is 8.97. The van der Waals surface area contributed by atoms with Crippen LogP contribution in [0, 0.1) is 0 Å². The first-order chi connectivity index (χ1) is 15.9. The Morgan fingerprint density at radius 3 is 2.06 bits per heavy atom. The Labute approximate surface area is 210 Å². The van der Waals surface area contributed by atoms with Crippen LogP contribution in [0.3, 0.4) is 0 Å². The van der Waals surface area contributed by atoms with Crippen molar-refractivity contribution in [2.24, 2.45) is 21.0 Å². The molecule has 0 radical (unpaired) electrons. The fourth-order valence-corrected chi connectivity index (χ4v) is 3.95. The summed E-state index contributed by atoms with van der Waals surface area (Å²) in [6.45, 7) is 7.39. The van der Waals surface area contributed by atoms with Crippen LogP contribution in [0.5, 0.6) is 0 Å². The van der Waals surface area contributed by atoms with Gasteiger partial charge in [-0.25, -0.2) is 18.7 Å². The second kappa shape index (κ2) is 19.7. The van der Waals surface area contributed by atoms with Crippen molar-refractivity contribution in [3.63, 3.8) is 0 Å². The Morgan fingerprint density at radius 1 is 0.914 bits per heavy atom. The monoisotopic (exact) mass is 546 g/mol. The molecule has 16 heteroatoms. The number of hydrogen-bond acceptors (Lipinski definition) is 10. The van der Waals surface area contributed by atoms with Gasteiger partial charge in [0.25, 0.3) is 0 Å². The van der Waals surface area contributed by atoms with Gasteiger partial charge in [-0.2, -0.15) is 8.42 Å². The average molecular weight is 547 g/mol. The molecule has 0 atom stereocenters. The smallest absolute Gasteiger partial charge is 0.330 e. The van der Waals surface area contributed by atoms with Gasteiger partial charge in [0.1, 0.15) is 0 Å². The van der Waals surface area contributed by atoms with E-state index >= 15 is 0 Å². The Morgan fingerprint density at radius 2 is 1.43 bits per heavy atom. The van der Waals surface area contributed by atoms with Gasteiger partial charge in [-0.1, -0.05) is 6.42 Å². The number of nitrogens with zero attached hydrogens (tertiary/aromatic N) is 3. The fraction of sp³-hybridized carbons (Fsp3) is 0.895. The van der Waals surface area contributed by atoms with E-state index in [0.717, 1.165) is 6.54 Å². The highest BCUT2D eigenvalue weighted by Gasteiger charge is 2.19. The van der Waals surface area contributed by atoms with E-state index < -0.39 is 20.6 Å². The van der Waals surface area contributed by atoms with Crippen molar-refractivity contribution >= 4 is 32.3 Å². The summed E-state index contributed by atoms with van der Waals surface area (Å²) in [5.74, 6) is 2.92. The molecule has 35 heavy (non-hydrogen) atoms. The molecule has 0 aromatic heterocycles. The normalized spacial score (nSPS) is 19.5. The minimum Gasteiger partial charge on any atom is -0.736 e. The van der Waals surface area contributed by atoms with Gasteiger partial charge < -0.3 is 21.3 Å². The summed E-state index contributed by atoms with van der Waals surface area (Å²) in [5.41, 5.74) is 4.50. The zero-order valence-electron chi connectivity index (χ0n) is 20.9. The highest BCUT2D eigenvalue weighted by molar-refractivity contribution is 7.83. The van der Waals surface area contributed by atoms with Gasteiger partial charge in [0.2, 0.25) is 5.84 Å². The summed E-state index contributed by atoms with van der Waals surface area (Å²) in [4.78, 5) is 7.04. The van der Waals surface area contributed by atoms with Crippen molar-refractivity contribution in [2.75, 3.05) is 46.3 Å². The van der Waals surface area contributed by atoms with Gasteiger partial charge in [0.15, 0.2) is 10.3 Å². The van der Waals surface area contributed by atoms with Gasteiger partial charge in [-0.3, -0.25) is 19.4 Å². The van der Waals surface area contributed by atoms with Crippen LogP contribution < -0.4 is 27.5 Å². The molecule has 0 aromatic rings. The molecular weight excluding hydrogens is 500 g/mol. The predicted molar refractivity (Wildman–Crippen MR) is 138 cm³/mol. The van der Waals surface area contributed by atoms with Crippen LogP contribution in [0.15, 0.2) is 4.99 Å². The highest BCUT2D eigenvalue weighted by atomic mass is 32.2. The number of aliphatic imine (C=N–C) groups is 1. The second-order valence-corrected chi connectivity index (χ2v) is 10.00. The number of fused-ring (bicyclic) bond motifs is 1. The van der Waals surface area contributed by atoms with E-state index in [1.807, 2.05) is 0 Å². The minimum absolute atomic E-state index is 0. The lowest BCUT2D eigenvalue weighted by Gasteiger charge is -2.27. The quantitative estimate of drug-likeness (QED) is 0.168. The minimum atomic E-state index is -4.42. The Bertz CT molecular complexity index is 770. The molecule has 0 aromatic carbocycles. The van der Waals surface area contributed by atoms with E-state index in [0.29, 0.717) is 0 Å². The number of rotatable bonds is 0. The van der Waals surface area contributed by atoms with Gasteiger partial charge in [0, 0.05) is 38.9 Å². The first kappa shape index (κ1) is 35.8. The van der Waals surface area contributed by atoms with Gasteiger partial charge in [0.05, 0.1) is 25.5 Å². The molecule has 1 fully saturated rings. The Balaban J connectivity index is 0. The van der Waals surface area contributed by atoms with Gasteiger partial charge >= 0.3 is 10.3 Å². The summed E-state index contributed by atoms with van der Waals surface area (Å²) in [6, 6.07) is 0. The van der Waals surface area contributed by atoms with Crippen molar-refractivity contribution < 1.29 is 30.5 Å². The molecule has 14 nitrogen and oxygen atoms in total. The zero-order valence-corrected chi connectivity index (χ0v) is 22.5. The van der Waals surface area contributed by atoms with Crippen LogP contribution in [0.1, 0.15) is 64.2 Å². The molecule has 0 bridgehead atoms. The average Bonchev–Trinajstić information content (AvgIpc) is 3.14. The van der Waals surface area contributed by atoms with Crippen LogP contribution in [0.2, 0.25) is 0 Å². The molecule has 4 aliphatic heterocycles. The number of hydrogen-bond donors (Lipinski definition) is 6. The standard InChI is InChI=1S/2C9H16N2.CH5N.2H3NO3S.H3N/c2*1-2-5-9-10-6-4-8-11(9)7-3-1;1-2;2*1-5(2,3)4;/h2*1-8H2;2H2,1H3;2*(H3,1,2,3,4);1H3. The first-order valence-corrected chi connectivity index (χ1v) is 14.6. The zero-order chi connectivity index (χ0) is 26.0. The second-order valence-electron chi connectivity index (χ2n) is 7.98. The number of amidine groups is 2. The molecule has 4 heterocycles. The van der Waals surface area contributed by atoms with Crippen molar-refractivity contribution in [3.05, 3.63) is 0 Å². The molecule has 11 N–H and O–H groups in total. The van der Waals surface area contributed by atoms with E-state index in [1.165, 1.54) is 116 Å². The SMILES string of the molecule is C1CCC2=NCCCN2CC1.C1CCC2=[N+](CC1)CCCN2.CN.N.NS(=O)(=O)O.NS(=O)(=O)[O-]. The molecular formula is C19H46N8O6S2. The molecule has 1 saturated heterocycles. The van der Waals surface area contributed by atoms with Gasteiger partial charge in [-0.15, -0.1) is 0 Å². The number of nitrogens with two attached hydrogens (primary N) is 3. The van der Waals surface area contributed by atoms with E-state index in [4.69, 9.17) is 25.9 Å². The van der Waals surface area contributed by atoms with Gasteiger partial charge in [-0.05, 0) is 45.6 Å². The van der Waals surface area contributed by atoms with Crippen LogP contribution in [0.4, 0.5) is 0 Å². The highest BCUT2D eigenvalue weighted by Crippen LogP contribution is 2.15. The first-order valence-electron chi connectivity index (χ1n) is 11.6. The van der Waals surface area contributed by atoms with Crippen LogP contribution in [0.25, 0.3) is 0 Å². The predicted octanol–water partition coefficient (Wildman–Crippen LogP) is -0.481. The molecule has 4 rings (SSSR count). The Hall–Kier alpha value is -1.40. The maximum Gasteiger partial charge on any atom is 0.330 e. The summed E-state index contributed by atoms with van der Waals surface area (Å²) < 4.78 is 54.3. The van der Waals surface area contributed by atoms with E-state index in [-0.39, 0.29) is 6.15 Å². The summed E-state index contributed by atoms with van der Waals surface area (Å²) in [5, 5.41) is 11.2. The third-order valence-corrected chi connectivity index (χ3v) is 5.23. The summed E-state index contributed by atoms with van der Waals surface area (Å²) in [7, 11) is -7.08. The third kappa shape index (κ3) is 22.8. The van der Waals surface area contributed by atoms with Crippen molar-refractivity contribution in [3.8, 4) is 0 Å². The van der Waals surface area contributed by atoms with Crippen LogP contribution >= 0.6 is 0 Å². The topological polar surface area (TPSA) is 255 Å². The van der Waals surface area contributed by atoms with E-state index in [2.05, 4.69) is 35.8 Å². The third-order valence-electron chi connectivity index (χ3n) is 5.23. The molecule has 0 aliphatic carbocycles. The molecule has 0 spiro atoms. The lowest BCUT2D eigenvalue weighted by Crippen LogP contribution is -2.40. The van der Waals surface area contributed by atoms with Crippen molar-refractivity contribution in [1.82, 2.24) is 16.4 Å². The van der Waals surface area contributed by atoms with Crippen LogP contribution in [-0.4, -0.2) is 93.4 Å². The Kier molecular flexibility index (Phi) is 20.2. The molecule has 0 amide bonds. The van der Waals surface area contributed by atoms with Crippen LogP contribution in [-0.2, 0) is 20.6 Å². The van der Waals surface area contributed by atoms with E-state index in [1.54, 1.807) is 0 Å². The van der Waals surface area contributed by atoms with Crippen molar-refractivity contribution in [2.45, 2.75) is 64.2 Å². The van der Waals surface area contributed by atoms with E-state index in [9.17, 15) is 0 Å². The van der Waals surface area contributed by atoms with Crippen molar-refractivity contribution in [1.29, 1.82) is 0 Å². The summed E-state index contributed by atoms with van der Waals surface area (Å²) in [6.07, 6.45) is 13.4. The largest absolute Gasteiger partial charge is 0.736 e. The maximum atomic E-state index is 8.97. The fourth-order valence-electron chi connectivity index (χ4n) is 3.95. The molecule has 4 aliphatic rings. The molecule has 210 valence electrons. The number of nitrogens with one attached hydrogen (secondary N) is 1.